The number of anilines is 1. The molecule has 0 aliphatic heterocycles. The average molecular weight is 515 g/mol. The summed E-state index contributed by atoms with van der Waals surface area (Å²) in [6.07, 6.45) is -3.67. The van der Waals surface area contributed by atoms with Crippen LogP contribution in [-0.2, 0) is 15.9 Å². The van der Waals surface area contributed by atoms with E-state index in [2.05, 4.69) is 15.5 Å². The van der Waals surface area contributed by atoms with Crippen molar-refractivity contribution in [1.29, 1.82) is 4.78 Å². The van der Waals surface area contributed by atoms with Gasteiger partial charge in [-0.3, -0.25) is 4.79 Å². The number of halogens is 4. The fourth-order valence-corrected chi connectivity index (χ4v) is 3.81. The number of nitrogens with zero attached hydrogens (tertiary/aromatic N) is 2. The van der Waals surface area contributed by atoms with Crippen LogP contribution in [0, 0.1) is 11.7 Å². The molecule has 3 rings (SSSR count). The lowest BCUT2D eigenvalue weighted by Gasteiger charge is -2.16. The highest BCUT2D eigenvalue weighted by molar-refractivity contribution is 7.91. The molecule has 1 heterocycles. The maximum absolute atomic E-state index is 13.4. The molecule has 0 spiro atoms. The third-order valence-electron chi connectivity index (χ3n) is 4.57. The second kappa shape index (κ2) is 9.47. The third kappa shape index (κ3) is 5.57. The normalized spacial score (nSPS) is 13.1. The quantitative estimate of drug-likeness (QED) is 0.446. The predicted octanol–water partition coefficient (Wildman–Crippen LogP) is 5.55. The first kappa shape index (κ1) is 25.2. The lowest BCUT2D eigenvalue weighted by molar-refractivity contribution is -0.142. The Morgan fingerprint density at radius 1 is 1.18 bits per heavy atom. The van der Waals surface area contributed by atoms with Crippen molar-refractivity contribution < 1.29 is 31.6 Å². The van der Waals surface area contributed by atoms with Crippen LogP contribution in [0.25, 0.3) is 0 Å². The smallest absolute Gasteiger partial charge is 0.435 e. The first-order chi connectivity index (χ1) is 15.8. The molecule has 2 N–H and O–H groups in total. The number of hydrogen-bond donors (Lipinski definition) is 2. The molecule has 180 valence electrons. The van der Waals surface area contributed by atoms with Gasteiger partial charge in [-0.15, -0.1) is 10.2 Å². The molecule has 0 saturated carbocycles. The lowest BCUT2D eigenvalue weighted by atomic mass is 10.1. The Bertz CT molecular complexity index is 1360. The summed E-state index contributed by atoms with van der Waals surface area (Å²) in [6.45, 7) is 1.06. The van der Waals surface area contributed by atoms with Crippen molar-refractivity contribution in [3.63, 3.8) is 0 Å². The standard InChI is InChI=1S/C21H18ClF3N4O4S/c1-11-17(19(30)27-12-5-4-6-14(9-12)34(3,26)31)20(29-28-18(11)21(23,24)25)33-16-8-7-13(32-2)10-15(16)22/h4-10,26H,1-3H3,(H,27,30). The van der Waals surface area contributed by atoms with Crippen LogP contribution in [0.15, 0.2) is 47.4 Å². The minimum atomic E-state index is -4.87. The van der Waals surface area contributed by atoms with Crippen LogP contribution in [0.1, 0.15) is 21.6 Å². The molecule has 0 saturated heterocycles. The number of methoxy groups -OCH3 is 1. The highest BCUT2D eigenvalue weighted by Gasteiger charge is 2.38. The number of carbonyl (C=O) groups is 1. The van der Waals surface area contributed by atoms with Crippen LogP contribution in [0.3, 0.4) is 0 Å². The van der Waals surface area contributed by atoms with Crippen molar-refractivity contribution in [1.82, 2.24) is 10.2 Å². The Morgan fingerprint density at radius 3 is 2.47 bits per heavy atom. The van der Waals surface area contributed by atoms with E-state index >= 15 is 0 Å². The lowest BCUT2D eigenvalue weighted by Crippen LogP contribution is -2.21. The van der Waals surface area contributed by atoms with Gasteiger partial charge in [0.1, 0.15) is 17.1 Å². The van der Waals surface area contributed by atoms with E-state index in [0.29, 0.717) is 5.75 Å². The summed E-state index contributed by atoms with van der Waals surface area (Å²) in [6, 6.07) is 9.93. The molecule has 3 aromatic rings. The molecule has 0 radical (unpaired) electrons. The number of amides is 1. The number of rotatable bonds is 6. The number of nitrogens with one attached hydrogen (secondary N) is 2. The maximum atomic E-state index is 13.4. The van der Waals surface area contributed by atoms with Gasteiger partial charge in [-0.2, -0.15) is 13.2 Å². The number of hydrogen-bond acceptors (Lipinski definition) is 7. The molecule has 8 nitrogen and oxygen atoms in total. The van der Waals surface area contributed by atoms with Crippen LogP contribution in [0.5, 0.6) is 17.4 Å². The number of aromatic nitrogens is 2. The summed E-state index contributed by atoms with van der Waals surface area (Å²) in [7, 11) is -1.67. The molecule has 0 fully saturated rings. The summed E-state index contributed by atoms with van der Waals surface area (Å²) >= 11 is 6.14. The molecule has 2 aromatic carbocycles. The van der Waals surface area contributed by atoms with Gasteiger partial charge in [0.25, 0.3) is 11.8 Å². The number of carbonyl (C=O) groups excluding carboxylic acids is 1. The summed E-state index contributed by atoms with van der Waals surface area (Å²) < 4.78 is 70.6. The Kier molecular flexibility index (Phi) is 7.03. The molecule has 0 bridgehead atoms. The molecular formula is C21H18ClF3N4O4S. The Hall–Kier alpha value is -3.38. The number of ether oxygens (including phenoxy) is 2. The topological polar surface area (TPSA) is 114 Å². The van der Waals surface area contributed by atoms with E-state index in [-0.39, 0.29) is 21.4 Å². The molecule has 0 aliphatic carbocycles. The van der Waals surface area contributed by atoms with E-state index < -0.39 is 44.5 Å². The Morgan fingerprint density at radius 2 is 1.88 bits per heavy atom. The van der Waals surface area contributed by atoms with Crippen LogP contribution in [-0.4, -0.2) is 33.7 Å². The van der Waals surface area contributed by atoms with E-state index in [1.165, 1.54) is 55.8 Å². The second-order valence-electron chi connectivity index (χ2n) is 7.08. The minimum absolute atomic E-state index is 0.00639. The molecule has 0 aliphatic rings. The zero-order valence-corrected chi connectivity index (χ0v) is 19.6. The van der Waals surface area contributed by atoms with Crippen LogP contribution >= 0.6 is 11.6 Å². The van der Waals surface area contributed by atoms with Gasteiger partial charge in [0.05, 0.1) is 21.9 Å². The number of benzene rings is 2. The van der Waals surface area contributed by atoms with Gasteiger partial charge in [0, 0.05) is 22.9 Å². The Labute approximate surface area is 198 Å². The zero-order valence-electron chi connectivity index (χ0n) is 18.0. The molecule has 1 aromatic heterocycles. The predicted molar refractivity (Wildman–Crippen MR) is 119 cm³/mol. The van der Waals surface area contributed by atoms with Crippen molar-refractivity contribution in [3.8, 4) is 17.4 Å². The van der Waals surface area contributed by atoms with Gasteiger partial charge in [-0.25, -0.2) is 8.99 Å². The molecule has 1 amide bonds. The first-order valence-electron chi connectivity index (χ1n) is 9.42. The fourth-order valence-electron chi connectivity index (χ4n) is 2.91. The van der Waals surface area contributed by atoms with Crippen LogP contribution in [0.4, 0.5) is 18.9 Å². The summed E-state index contributed by atoms with van der Waals surface area (Å²) in [4.78, 5) is 13.2. The van der Waals surface area contributed by atoms with Gasteiger partial charge in [0.15, 0.2) is 5.69 Å². The van der Waals surface area contributed by atoms with Gasteiger partial charge in [-0.1, -0.05) is 17.7 Å². The maximum Gasteiger partial charge on any atom is 0.435 e. The largest absolute Gasteiger partial charge is 0.497 e. The van der Waals surface area contributed by atoms with Crippen LogP contribution < -0.4 is 14.8 Å². The summed E-state index contributed by atoms with van der Waals surface area (Å²) in [5.41, 5.74) is -2.29. The van der Waals surface area contributed by atoms with Crippen molar-refractivity contribution in [2.45, 2.75) is 18.0 Å². The van der Waals surface area contributed by atoms with Crippen molar-refractivity contribution in [2.75, 3.05) is 18.7 Å². The van der Waals surface area contributed by atoms with Crippen molar-refractivity contribution in [3.05, 3.63) is 64.3 Å². The van der Waals surface area contributed by atoms with Gasteiger partial charge < -0.3 is 14.8 Å². The third-order valence-corrected chi connectivity index (χ3v) is 6.02. The van der Waals surface area contributed by atoms with Gasteiger partial charge >= 0.3 is 6.18 Å². The van der Waals surface area contributed by atoms with E-state index in [1.54, 1.807) is 0 Å². The highest BCUT2D eigenvalue weighted by Crippen LogP contribution is 2.37. The van der Waals surface area contributed by atoms with Gasteiger partial charge in [-0.05, 0) is 42.8 Å². The highest BCUT2D eigenvalue weighted by atomic mass is 35.5. The van der Waals surface area contributed by atoms with E-state index in [4.69, 9.17) is 25.9 Å². The number of alkyl halides is 3. The van der Waals surface area contributed by atoms with E-state index in [9.17, 15) is 22.2 Å². The summed E-state index contributed by atoms with van der Waals surface area (Å²) in [5.74, 6) is -1.08. The SMILES string of the molecule is COc1ccc(Oc2nnc(C(F)(F)F)c(C)c2C(=O)Nc2cccc(S(C)(=N)=O)c2)c(Cl)c1. The Balaban J connectivity index is 2.07. The molecular weight excluding hydrogens is 497 g/mol. The van der Waals surface area contributed by atoms with E-state index in [1.807, 2.05) is 0 Å². The molecule has 1 atom stereocenters. The molecule has 1 unspecified atom stereocenters. The zero-order chi connectivity index (χ0) is 25.3. The minimum Gasteiger partial charge on any atom is -0.497 e. The first-order valence-corrected chi connectivity index (χ1v) is 11.8. The molecule has 34 heavy (non-hydrogen) atoms. The van der Waals surface area contributed by atoms with E-state index in [0.717, 1.165) is 6.92 Å². The monoisotopic (exact) mass is 514 g/mol. The summed E-state index contributed by atoms with van der Waals surface area (Å²) in [5, 5.41) is 9.17. The van der Waals surface area contributed by atoms with Crippen molar-refractivity contribution >= 4 is 32.9 Å². The van der Waals surface area contributed by atoms with Crippen LogP contribution in [0.2, 0.25) is 5.02 Å². The second-order valence-corrected chi connectivity index (χ2v) is 9.64. The van der Waals surface area contributed by atoms with Crippen molar-refractivity contribution in [2.24, 2.45) is 0 Å². The fraction of sp³-hybridized carbons (Fsp3) is 0.190. The van der Waals surface area contributed by atoms with Gasteiger partial charge in [0.2, 0.25) is 0 Å². The molecule has 13 heteroatoms. The average Bonchev–Trinajstić information content (AvgIpc) is 2.73.